The highest BCUT2D eigenvalue weighted by Crippen LogP contribution is 2.31. The summed E-state index contributed by atoms with van der Waals surface area (Å²) in [6, 6.07) is 17.2. The molecule has 0 aliphatic carbocycles. The van der Waals surface area contributed by atoms with Gasteiger partial charge in [0.05, 0.1) is 11.4 Å². The van der Waals surface area contributed by atoms with Crippen LogP contribution in [-0.2, 0) is 12.7 Å². The summed E-state index contributed by atoms with van der Waals surface area (Å²) in [7, 11) is 3.83. The SMILES string of the molecule is CN(C)Cc1ccccc1-c1ccc(NC(=O)c2cc(C(F)(F)F)nn2-c2cccc(C3=NC(=O)N=N3)c2)c(F)c1. The van der Waals surface area contributed by atoms with E-state index in [0.29, 0.717) is 18.2 Å². The molecular formula is C28H21F4N7O2. The number of carbonyl (C=O) groups excluding carboxylic acids is 2. The third-order valence-electron chi connectivity index (χ3n) is 6.05. The summed E-state index contributed by atoms with van der Waals surface area (Å²) in [5, 5.41) is 12.8. The van der Waals surface area contributed by atoms with Gasteiger partial charge in [-0.3, -0.25) is 4.79 Å². The molecule has 0 atom stereocenters. The minimum absolute atomic E-state index is 0.0413. The van der Waals surface area contributed by atoms with Gasteiger partial charge in [-0.1, -0.05) is 47.6 Å². The van der Waals surface area contributed by atoms with E-state index in [1.54, 1.807) is 6.07 Å². The second-order valence-electron chi connectivity index (χ2n) is 9.34. The van der Waals surface area contributed by atoms with Crippen molar-refractivity contribution in [3.05, 3.63) is 101 Å². The zero-order chi connectivity index (χ0) is 29.3. The molecule has 0 unspecified atom stereocenters. The second-order valence-corrected chi connectivity index (χ2v) is 9.34. The fourth-order valence-electron chi connectivity index (χ4n) is 4.25. The van der Waals surface area contributed by atoms with Crippen molar-refractivity contribution in [3.63, 3.8) is 0 Å². The number of hydrogen-bond acceptors (Lipinski definition) is 5. The van der Waals surface area contributed by atoms with Crippen LogP contribution in [0.2, 0.25) is 0 Å². The first-order valence-corrected chi connectivity index (χ1v) is 12.2. The molecule has 5 rings (SSSR count). The van der Waals surface area contributed by atoms with Crippen molar-refractivity contribution in [3.8, 4) is 16.8 Å². The number of carbonyl (C=O) groups is 2. The number of halogens is 4. The smallest absolute Gasteiger partial charge is 0.318 e. The predicted octanol–water partition coefficient (Wildman–Crippen LogP) is 6.34. The maximum absolute atomic E-state index is 15.2. The summed E-state index contributed by atoms with van der Waals surface area (Å²) in [5.41, 5.74) is 0.614. The Hall–Kier alpha value is -5.04. The molecule has 13 heteroatoms. The van der Waals surface area contributed by atoms with E-state index in [-0.39, 0.29) is 22.8 Å². The lowest BCUT2D eigenvalue weighted by Gasteiger charge is -2.15. The summed E-state index contributed by atoms with van der Waals surface area (Å²) in [5.74, 6) is -1.83. The number of urea groups is 1. The number of alkyl halides is 3. The highest BCUT2D eigenvalue weighted by atomic mass is 19.4. The molecule has 208 valence electrons. The number of aliphatic imine (C=N–C) groups is 1. The van der Waals surface area contributed by atoms with E-state index in [2.05, 4.69) is 25.6 Å². The molecule has 1 aliphatic heterocycles. The van der Waals surface area contributed by atoms with E-state index in [9.17, 15) is 22.8 Å². The molecule has 41 heavy (non-hydrogen) atoms. The summed E-state index contributed by atoms with van der Waals surface area (Å²) < 4.78 is 56.7. The van der Waals surface area contributed by atoms with Gasteiger partial charge < -0.3 is 10.2 Å². The summed E-state index contributed by atoms with van der Waals surface area (Å²) in [4.78, 5) is 30.1. The Labute approximate surface area is 230 Å². The molecule has 1 N–H and O–H groups in total. The molecule has 0 fully saturated rings. The van der Waals surface area contributed by atoms with Crippen LogP contribution in [0.4, 0.5) is 28.0 Å². The molecule has 9 nitrogen and oxygen atoms in total. The van der Waals surface area contributed by atoms with Gasteiger partial charge in [-0.2, -0.15) is 23.3 Å². The van der Waals surface area contributed by atoms with Gasteiger partial charge in [-0.25, -0.2) is 13.9 Å². The molecule has 0 bridgehead atoms. The lowest BCUT2D eigenvalue weighted by molar-refractivity contribution is -0.141. The van der Waals surface area contributed by atoms with E-state index in [1.807, 2.05) is 43.3 Å². The van der Waals surface area contributed by atoms with Crippen LogP contribution in [0.3, 0.4) is 0 Å². The van der Waals surface area contributed by atoms with Gasteiger partial charge in [0.15, 0.2) is 11.5 Å². The van der Waals surface area contributed by atoms with Crippen molar-refractivity contribution in [2.24, 2.45) is 15.2 Å². The van der Waals surface area contributed by atoms with Crippen molar-refractivity contribution in [1.29, 1.82) is 0 Å². The Bertz CT molecular complexity index is 1720. The standard InChI is InChI=1S/C28H21F4N7O2/c1-38(2)15-18-6-3-4-9-20(18)16-10-11-22(21(29)13-16)33-26(40)23-14-24(28(30,31)32)37-39(23)19-8-5-7-17(12-19)25-34-27(41)36-35-25/h3-14H,15H2,1-2H3,(H,33,40). The van der Waals surface area contributed by atoms with Crippen LogP contribution in [0, 0.1) is 5.82 Å². The number of azo groups is 1. The van der Waals surface area contributed by atoms with Crippen molar-refractivity contribution < 1.29 is 27.2 Å². The van der Waals surface area contributed by atoms with E-state index in [1.165, 1.54) is 36.4 Å². The van der Waals surface area contributed by atoms with E-state index >= 15 is 4.39 Å². The van der Waals surface area contributed by atoms with Crippen molar-refractivity contribution in [2.75, 3.05) is 19.4 Å². The maximum atomic E-state index is 15.2. The molecule has 1 aromatic heterocycles. The Balaban J connectivity index is 1.47. The van der Waals surface area contributed by atoms with Gasteiger partial charge in [0.25, 0.3) is 5.91 Å². The van der Waals surface area contributed by atoms with Crippen molar-refractivity contribution >= 4 is 23.5 Å². The average Bonchev–Trinajstić information content (AvgIpc) is 3.57. The number of aromatic nitrogens is 2. The molecular weight excluding hydrogens is 542 g/mol. The molecule has 0 saturated heterocycles. The van der Waals surface area contributed by atoms with Crippen molar-refractivity contribution in [2.45, 2.75) is 12.7 Å². The third kappa shape index (κ3) is 5.94. The Morgan fingerprint density at radius 1 is 0.951 bits per heavy atom. The second kappa shape index (κ2) is 10.8. The van der Waals surface area contributed by atoms with Gasteiger partial charge >= 0.3 is 12.2 Å². The van der Waals surface area contributed by atoms with Crippen LogP contribution < -0.4 is 5.32 Å². The monoisotopic (exact) mass is 563 g/mol. The van der Waals surface area contributed by atoms with Crippen LogP contribution in [0.1, 0.15) is 27.3 Å². The fourth-order valence-corrected chi connectivity index (χ4v) is 4.25. The first kappa shape index (κ1) is 27.5. The van der Waals surface area contributed by atoms with Gasteiger partial charge in [-0.15, -0.1) is 5.11 Å². The Kier molecular flexibility index (Phi) is 7.28. The maximum Gasteiger partial charge on any atom is 0.435 e. The van der Waals surface area contributed by atoms with E-state index in [4.69, 9.17) is 0 Å². The molecule has 4 aromatic rings. The third-order valence-corrected chi connectivity index (χ3v) is 6.05. The zero-order valence-corrected chi connectivity index (χ0v) is 21.6. The molecule has 0 spiro atoms. The average molecular weight is 564 g/mol. The number of nitrogens with zero attached hydrogens (tertiary/aromatic N) is 6. The Morgan fingerprint density at radius 2 is 1.73 bits per heavy atom. The fraction of sp³-hybridized carbons (Fsp3) is 0.143. The topological polar surface area (TPSA) is 104 Å². The number of hydrogen-bond donors (Lipinski definition) is 1. The minimum Gasteiger partial charge on any atom is -0.318 e. The van der Waals surface area contributed by atoms with Gasteiger partial charge in [0, 0.05) is 18.2 Å². The highest BCUT2D eigenvalue weighted by molar-refractivity contribution is 6.08. The molecule has 3 aromatic carbocycles. The normalized spacial score (nSPS) is 13.1. The number of amides is 3. The largest absolute Gasteiger partial charge is 0.435 e. The van der Waals surface area contributed by atoms with Gasteiger partial charge in [-0.05, 0) is 55.1 Å². The van der Waals surface area contributed by atoms with Crippen LogP contribution in [-0.4, -0.2) is 46.5 Å². The van der Waals surface area contributed by atoms with E-state index in [0.717, 1.165) is 15.8 Å². The number of nitrogens with one attached hydrogen (secondary N) is 1. The zero-order valence-electron chi connectivity index (χ0n) is 21.6. The first-order valence-electron chi connectivity index (χ1n) is 12.2. The van der Waals surface area contributed by atoms with Crippen LogP contribution in [0.25, 0.3) is 16.8 Å². The molecule has 0 saturated carbocycles. The quantitative estimate of drug-likeness (QED) is 0.265. The molecule has 1 aliphatic rings. The number of amidine groups is 1. The van der Waals surface area contributed by atoms with Gasteiger partial charge in [0.1, 0.15) is 11.5 Å². The summed E-state index contributed by atoms with van der Waals surface area (Å²) in [6.45, 7) is 0.621. The van der Waals surface area contributed by atoms with Crippen molar-refractivity contribution in [1.82, 2.24) is 14.7 Å². The predicted molar refractivity (Wildman–Crippen MR) is 143 cm³/mol. The first-order chi connectivity index (χ1) is 19.5. The molecule has 0 radical (unpaired) electrons. The van der Waals surface area contributed by atoms with Gasteiger partial charge in [0.2, 0.25) is 0 Å². The lowest BCUT2D eigenvalue weighted by atomic mass is 9.99. The molecule has 3 amide bonds. The lowest BCUT2D eigenvalue weighted by Crippen LogP contribution is -2.18. The minimum atomic E-state index is -4.86. The number of anilines is 1. The summed E-state index contributed by atoms with van der Waals surface area (Å²) in [6.07, 6.45) is -4.86. The summed E-state index contributed by atoms with van der Waals surface area (Å²) >= 11 is 0. The highest BCUT2D eigenvalue weighted by Gasteiger charge is 2.36. The van der Waals surface area contributed by atoms with Crippen LogP contribution in [0.5, 0.6) is 0 Å². The van der Waals surface area contributed by atoms with E-state index < -0.39 is 35.3 Å². The van der Waals surface area contributed by atoms with Crippen LogP contribution >= 0.6 is 0 Å². The number of rotatable bonds is 7. The Morgan fingerprint density at radius 3 is 2.41 bits per heavy atom. The van der Waals surface area contributed by atoms with Crippen LogP contribution in [0.15, 0.2) is 88.0 Å². The molecule has 2 heterocycles. The number of benzene rings is 3.